The van der Waals surface area contributed by atoms with Gasteiger partial charge in [-0.1, -0.05) is 95.2 Å². The van der Waals surface area contributed by atoms with Crippen molar-refractivity contribution < 1.29 is 46.8 Å². The van der Waals surface area contributed by atoms with Gasteiger partial charge < -0.3 is 30.0 Å². The van der Waals surface area contributed by atoms with Gasteiger partial charge in [-0.3, -0.25) is 9.98 Å². The first-order chi connectivity index (χ1) is 20.6. The van der Waals surface area contributed by atoms with Gasteiger partial charge >= 0.3 is 16.8 Å². The molecule has 0 saturated heterocycles. The van der Waals surface area contributed by atoms with E-state index >= 15 is 0 Å². The smallest absolute Gasteiger partial charge is 0.550 e. The fraction of sp³-hybridized carbons (Fsp3) is 0.579. The number of phenols is 2. The van der Waals surface area contributed by atoms with Crippen LogP contribution in [-0.4, -0.2) is 47.7 Å². The van der Waals surface area contributed by atoms with Crippen molar-refractivity contribution in [2.75, 3.05) is 13.1 Å². The molecule has 2 aromatic carbocycles. The number of rotatable bonds is 7. The Bertz CT molecular complexity index is 1260. The van der Waals surface area contributed by atoms with E-state index in [0.29, 0.717) is 24.6 Å². The number of phenolic OH excluding ortho intramolecular Hbond substituents is 2. The van der Waals surface area contributed by atoms with Crippen LogP contribution >= 0.6 is 0 Å². The number of carboxylic acids is 2. The molecule has 0 aromatic heterocycles. The van der Waals surface area contributed by atoms with E-state index in [9.17, 15) is 10.2 Å². The molecule has 2 rings (SSSR count). The van der Waals surface area contributed by atoms with Crippen molar-refractivity contribution in [2.24, 2.45) is 20.8 Å². The Balaban J connectivity index is 0. The fourth-order valence-electron chi connectivity index (χ4n) is 4.65. The first-order valence-corrected chi connectivity index (χ1v) is 15.7. The van der Waals surface area contributed by atoms with Gasteiger partial charge in [0, 0.05) is 46.6 Å². The van der Waals surface area contributed by atoms with Gasteiger partial charge in [-0.25, -0.2) is 0 Å². The number of aromatic hydroxyl groups is 2. The van der Waals surface area contributed by atoms with Crippen LogP contribution in [0.5, 0.6) is 11.5 Å². The maximum Gasteiger partial charge on any atom is 2.00 e. The van der Waals surface area contributed by atoms with Gasteiger partial charge in [0.15, 0.2) is 0 Å². The second kappa shape index (κ2) is 19.0. The Morgan fingerprint density at radius 1 is 0.617 bits per heavy atom. The van der Waals surface area contributed by atoms with Gasteiger partial charge in [0.05, 0.1) is 13.1 Å². The Morgan fingerprint density at radius 2 is 0.872 bits per heavy atom. The summed E-state index contributed by atoms with van der Waals surface area (Å²) in [5.41, 5.74) is 5.78. The summed E-state index contributed by atoms with van der Waals surface area (Å²) < 4.78 is 0. The molecule has 0 aliphatic rings. The summed E-state index contributed by atoms with van der Waals surface area (Å²) in [6, 6.07) is 8.37. The van der Waals surface area contributed by atoms with Gasteiger partial charge in [-0.15, -0.1) is 0 Å². The Hall–Kier alpha value is -3.17. The number of carbonyl (C=O) groups is 2. The van der Waals surface area contributed by atoms with Crippen molar-refractivity contribution in [2.45, 2.75) is 121 Å². The zero-order valence-corrected chi connectivity index (χ0v) is 32.1. The van der Waals surface area contributed by atoms with Crippen LogP contribution in [0.4, 0.5) is 0 Å². The second-order valence-electron chi connectivity index (χ2n) is 16.2. The van der Waals surface area contributed by atoms with Crippen molar-refractivity contribution in [3.05, 3.63) is 57.6 Å². The molecule has 9 heteroatoms. The third-order valence-electron chi connectivity index (χ3n) is 6.30. The van der Waals surface area contributed by atoms with Crippen LogP contribution in [0.1, 0.15) is 130 Å². The van der Waals surface area contributed by atoms with Crippen LogP contribution in [-0.2, 0) is 50.0 Å². The summed E-state index contributed by atoms with van der Waals surface area (Å²) in [6.07, 6.45) is 5.39. The summed E-state index contributed by atoms with van der Waals surface area (Å²) >= 11 is 0. The Kier molecular flexibility index (Phi) is 18.6. The van der Waals surface area contributed by atoms with Crippen LogP contribution in [0.3, 0.4) is 0 Å². The molecule has 0 bridgehead atoms. The van der Waals surface area contributed by atoms with E-state index in [-0.39, 0.29) is 38.4 Å². The van der Waals surface area contributed by atoms with Gasteiger partial charge in [0.25, 0.3) is 0 Å². The zero-order chi connectivity index (χ0) is 36.3. The van der Waals surface area contributed by atoms with Crippen molar-refractivity contribution >= 4 is 24.4 Å². The van der Waals surface area contributed by atoms with Crippen LogP contribution in [0.15, 0.2) is 34.3 Å². The molecule has 0 heterocycles. The van der Waals surface area contributed by atoms with E-state index in [1.807, 2.05) is 0 Å². The molecule has 0 unspecified atom stereocenters. The molecule has 8 nitrogen and oxygen atoms in total. The molecule has 1 radical (unpaired) electrons. The van der Waals surface area contributed by atoms with Crippen molar-refractivity contribution in [1.29, 1.82) is 0 Å². The topological polar surface area (TPSA) is 145 Å². The number of nitrogens with zero attached hydrogens (tertiary/aromatic N) is 2. The van der Waals surface area contributed by atoms with E-state index in [1.54, 1.807) is 12.4 Å². The molecule has 0 fully saturated rings. The number of hydrogen-bond acceptors (Lipinski definition) is 8. The van der Waals surface area contributed by atoms with E-state index in [0.717, 1.165) is 48.9 Å². The molecule has 47 heavy (non-hydrogen) atoms. The number of hydrogen-bond donors (Lipinski definition) is 2. The fourth-order valence-corrected chi connectivity index (χ4v) is 4.65. The van der Waals surface area contributed by atoms with E-state index in [4.69, 9.17) is 19.8 Å². The minimum absolute atomic E-state index is 0. The molecule has 0 spiro atoms. The minimum Gasteiger partial charge on any atom is -0.550 e. The van der Waals surface area contributed by atoms with Gasteiger partial charge in [-0.2, -0.15) is 0 Å². The number of carbonyl (C=O) groups excluding carboxylic acids is 2. The normalized spacial score (nSPS) is 12.1. The van der Waals surface area contributed by atoms with E-state index < -0.39 is 11.9 Å². The number of benzene rings is 2. The molecule has 2 N–H and O–H groups in total. The zero-order valence-electron chi connectivity index (χ0n) is 31.0. The third kappa shape index (κ3) is 19.9. The molecule has 0 aliphatic heterocycles. The molecule has 265 valence electrons. The quantitative estimate of drug-likeness (QED) is 0.272. The average molecular weight is 698 g/mol. The summed E-state index contributed by atoms with van der Waals surface area (Å²) in [4.78, 5) is 26.9. The summed E-state index contributed by atoms with van der Waals surface area (Å²) in [6.45, 7) is 29.0. The average Bonchev–Trinajstić information content (AvgIpc) is 2.80. The monoisotopic (exact) mass is 697 g/mol. The van der Waals surface area contributed by atoms with E-state index in [1.165, 1.54) is 11.1 Å². The van der Waals surface area contributed by atoms with Crippen LogP contribution < -0.4 is 10.2 Å². The SMILES string of the molecule is CC(=O)[O-].CC(=O)[O-].CC(C)(C)Cc1cc(C=NCCN=Cc2cc(CC(C)(C)C)cc(C(C)(C)C)c2O)c(O)c(C(C)(C)C)c1.[Co+2]. The van der Waals surface area contributed by atoms with Crippen LogP contribution in [0.2, 0.25) is 0 Å². The largest absolute Gasteiger partial charge is 2.00 e. The van der Waals surface area contributed by atoms with Gasteiger partial charge in [0.2, 0.25) is 0 Å². The predicted octanol–water partition coefficient (Wildman–Crippen LogP) is 5.92. The van der Waals surface area contributed by atoms with E-state index in [2.05, 4.69) is 117 Å². The standard InChI is InChI=1S/C34H52N2O2.2C2H4O2.Co/c1-31(2,3)19-23-15-25(29(37)27(17-23)33(7,8)9)21-35-13-14-36-22-26-16-24(20-32(4,5)6)18-28(30(26)38)34(10,11)12;2*1-2(3)4;/h15-18,21-22,37-38H,13-14,19-20H2,1-12H3;2*1H3,(H,3,4);/q;;;+2/p-2. The summed E-state index contributed by atoms with van der Waals surface area (Å²) in [5, 5.41) is 39.7. The molecule has 0 atom stereocenters. The molecular formula is C38H58CoN2O6. The summed E-state index contributed by atoms with van der Waals surface area (Å²) in [5.74, 6) is -1.56. The number of aliphatic carboxylic acids is 2. The number of carboxylic acid groups (broad SMARTS) is 2. The third-order valence-corrected chi connectivity index (χ3v) is 6.30. The molecular weight excluding hydrogens is 639 g/mol. The maximum absolute atomic E-state index is 11.0. The van der Waals surface area contributed by atoms with Crippen LogP contribution in [0, 0.1) is 10.8 Å². The predicted molar refractivity (Wildman–Crippen MR) is 186 cm³/mol. The first kappa shape index (κ1) is 45.9. The van der Waals surface area contributed by atoms with Crippen molar-refractivity contribution in [1.82, 2.24) is 0 Å². The minimum atomic E-state index is -1.08. The van der Waals surface area contributed by atoms with Gasteiger partial charge in [0.1, 0.15) is 11.5 Å². The molecule has 0 aliphatic carbocycles. The van der Waals surface area contributed by atoms with Gasteiger partial charge in [-0.05, 0) is 71.6 Å². The van der Waals surface area contributed by atoms with Crippen molar-refractivity contribution in [3.63, 3.8) is 0 Å². The molecule has 2 aromatic rings. The number of aliphatic imine (C=N–C) groups is 2. The first-order valence-electron chi connectivity index (χ1n) is 15.7. The Morgan fingerprint density at radius 3 is 1.09 bits per heavy atom. The van der Waals surface area contributed by atoms with Crippen molar-refractivity contribution in [3.8, 4) is 11.5 Å². The second-order valence-corrected chi connectivity index (χ2v) is 16.2. The molecule has 0 saturated carbocycles. The summed E-state index contributed by atoms with van der Waals surface area (Å²) in [7, 11) is 0. The maximum atomic E-state index is 11.0. The van der Waals surface area contributed by atoms with Crippen LogP contribution in [0.25, 0.3) is 0 Å². The Labute approximate surface area is 294 Å². The molecule has 0 amide bonds.